The zero-order valence-electron chi connectivity index (χ0n) is 16.9. The van der Waals surface area contributed by atoms with E-state index in [0.717, 1.165) is 29.3 Å². The van der Waals surface area contributed by atoms with Gasteiger partial charge in [0.1, 0.15) is 0 Å². The van der Waals surface area contributed by atoms with E-state index in [1.165, 1.54) is 29.0 Å². The number of benzene rings is 1. The average molecular weight is 405 g/mol. The molecular weight excluding hydrogens is 380 g/mol. The Morgan fingerprint density at radius 3 is 2.48 bits per heavy atom. The molecule has 0 amide bonds. The highest BCUT2D eigenvalue weighted by atomic mass is 32.2. The van der Waals surface area contributed by atoms with Gasteiger partial charge in [0.15, 0.2) is 0 Å². The van der Waals surface area contributed by atoms with E-state index in [9.17, 15) is 5.11 Å². The summed E-state index contributed by atoms with van der Waals surface area (Å²) in [5.74, 6) is 0.732. The zero-order valence-corrected chi connectivity index (χ0v) is 17.7. The van der Waals surface area contributed by atoms with E-state index >= 15 is 0 Å². The molecular formula is C23H24N4OS. The summed E-state index contributed by atoms with van der Waals surface area (Å²) in [5.41, 5.74) is 4.48. The molecule has 0 saturated heterocycles. The number of hydrogen-bond acceptors (Lipinski definition) is 6. The van der Waals surface area contributed by atoms with Gasteiger partial charge in [-0.05, 0) is 68.3 Å². The molecule has 1 spiro atoms. The summed E-state index contributed by atoms with van der Waals surface area (Å²) in [4.78, 5) is 17.3. The topological polar surface area (TPSA) is 62.1 Å². The highest BCUT2D eigenvalue weighted by molar-refractivity contribution is 7.98. The molecule has 0 bridgehead atoms. The SMILES string of the molecule is CSc1ccc2c(c1)N(c1ncc(-c3cc(C(C)(C)O)ccn3)cn1)CC21CC1. The Morgan fingerprint density at radius 1 is 1.07 bits per heavy atom. The third-order valence-electron chi connectivity index (χ3n) is 6.02. The summed E-state index contributed by atoms with van der Waals surface area (Å²) in [6.45, 7) is 4.49. The van der Waals surface area contributed by atoms with Gasteiger partial charge >= 0.3 is 0 Å². The maximum Gasteiger partial charge on any atom is 0.229 e. The highest BCUT2D eigenvalue weighted by Crippen LogP contribution is 2.58. The first-order valence-electron chi connectivity index (χ1n) is 9.87. The van der Waals surface area contributed by atoms with Crippen LogP contribution in [0.5, 0.6) is 0 Å². The molecule has 1 fully saturated rings. The second kappa shape index (κ2) is 6.54. The molecule has 1 aliphatic heterocycles. The molecule has 0 unspecified atom stereocenters. The van der Waals surface area contributed by atoms with Gasteiger partial charge in [-0.2, -0.15) is 0 Å². The molecule has 148 valence electrons. The summed E-state index contributed by atoms with van der Waals surface area (Å²) in [6.07, 6.45) is 9.95. The van der Waals surface area contributed by atoms with E-state index in [1.807, 2.05) is 24.5 Å². The molecule has 6 heteroatoms. The number of aromatic nitrogens is 3. The molecule has 1 saturated carbocycles. The van der Waals surface area contributed by atoms with Gasteiger partial charge in [0.2, 0.25) is 5.95 Å². The summed E-state index contributed by atoms with van der Waals surface area (Å²) in [7, 11) is 0. The van der Waals surface area contributed by atoms with E-state index in [0.29, 0.717) is 0 Å². The minimum atomic E-state index is -0.911. The van der Waals surface area contributed by atoms with Crippen molar-refractivity contribution in [3.05, 3.63) is 60.0 Å². The van der Waals surface area contributed by atoms with E-state index < -0.39 is 5.60 Å². The smallest absolute Gasteiger partial charge is 0.229 e. The minimum absolute atomic E-state index is 0.289. The Balaban J connectivity index is 1.48. The van der Waals surface area contributed by atoms with E-state index in [-0.39, 0.29) is 5.41 Å². The lowest BCUT2D eigenvalue weighted by molar-refractivity contribution is 0.0785. The van der Waals surface area contributed by atoms with Crippen LogP contribution in [-0.4, -0.2) is 32.9 Å². The van der Waals surface area contributed by atoms with Crippen molar-refractivity contribution in [1.29, 1.82) is 0 Å². The largest absolute Gasteiger partial charge is 0.386 e. The molecule has 2 aromatic heterocycles. The van der Waals surface area contributed by atoms with Gasteiger partial charge in [0, 0.05) is 46.7 Å². The summed E-state index contributed by atoms with van der Waals surface area (Å²) in [5, 5.41) is 10.3. The lowest BCUT2D eigenvalue weighted by Gasteiger charge is -2.19. The number of thioether (sulfide) groups is 1. The first kappa shape index (κ1) is 18.6. The summed E-state index contributed by atoms with van der Waals surface area (Å²) < 4.78 is 0. The summed E-state index contributed by atoms with van der Waals surface area (Å²) >= 11 is 1.76. The first-order valence-corrected chi connectivity index (χ1v) is 11.1. The molecule has 3 heterocycles. The van der Waals surface area contributed by atoms with Crippen LogP contribution >= 0.6 is 11.8 Å². The Labute approximate surface area is 175 Å². The van der Waals surface area contributed by atoms with Gasteiger partial charge < -0.3 is 10.0 Å². The Morgan fingerprint density at radius 2 is 1.83 bits per heavy atom. The normalized spacial score (nSPS) is 16.9. The van der Waals surface area contributed by atoms with Crippen molar-refractivity contribution in [3.63, 3.8) is 0 Å². The fourth-order valence-electron chi connectivity index (χ4n) is 4.10. The highest BCUT2D eigenvalue weighted by Gasteiger charge is 2.52. The van der Waals surface area contributed by atoms with Crippen LogP contribution in [0.1, 0.15) is 37.8 Å². The second-order valence-corrected chi connectivity index (χ2v) is 9.39. The van der Waals surface area contributed by atoms with Crippen LogP contribution in [0.4, 0.5) is 11.6 Å². The van der Waals surface area contributed by atoms with Crippen LogP contribution in [0.15, 0.2) is 53.8 Å². The number of pyridine rings is 1. The number of rotatable bonds is 4. The maximum atomic E-state index is 10.3. The van der Waals surface area contributed by atoms with Crippen molar-refractivity contribution in [3.8, 4) is 11.3 Å². The van der Waals surface area contributed by atoms with Crippen molar-refractivity contribution < 1.29 is 5.11 Å². The fourth-order valence-corrected chi connectivity index (χ4v) is 4.54. The van der Waals surface area contributed by atoms with Crippen LogP contribution in [-0.2, 0) is 11.0 Å². The molecule has 1 aliphatic carbocycles. The number of hydrogen-bond donors (Lipinski definition) is 1. The van der Waals surface area contributed by atoms with Gasteiger partial charge in [-0.1, -0.05) is 6.07 Å². The molecule has 5 nitrogen and oxygen atoms in total. The van der Waals surface area contributed by atoms with Crippen molar-refractivity contribution in [2.24, 2.45) is 0 Å². The Bertz CT molecular complexity index is 1070. The van der Waals surface area contributed by atoms with Gasteiger partial charge in [-0.25, -0.2) is 9.97 Å². The lowest BCUT2D eigenvalue weighted by Crippen LogP contribution is -2.21. The van der Waals surface area contributed by atoms with E-state index in [4.69, 9.17) is 0 Å². The molecule has 29 heavy (non-hydrogen) atoms. The molecule has 5 rings (SSSR count). The minimum Gasteiger partial charge on any atom is -0.386 e. The van der Waals surface area contributed by atoms with Crippen molar-refractivity contribution in [1.82, 2.24) is 15.0 Å². The molecule has 0 radical (unpaired) electrons. The first-order chi connectivity index (χ1) is 13.9. The molecule has 1 aromatic carbocycles. The third-order valence-corrected chi connectivity index (χ3v) is 6.75. The monoisotopic (exact) mass is 404 g/mol. The van der Waals surface area contributed by atoms with Gasteiger partial charge in [-0.3, -0.25) is 4.98 Å². The lowest BCUT2D eigenvalue weighted by atomic mass is 9.98. The molecule has 3 aromatic rings. The zero-order chi connectivity index (χ0) is 20.2. The molecule has 1 N–H and O–H groups in total. The van der Waals surface area contributed by atoms with Crippen molar-refractivity contribution in [2.75, 3.05) is 17.7 Å². The van der Waals surface area contributed by atoms with Crippen LogP contribution < -0.4 is 4.90 Å². The quantitative estimate of drug-likeness (QED) is 0.638. The van der Waals surface area contributed by atoms with Crippen molar-refractivity contribution >= 4 is 23.4 Å². The van der Waals surface area contributed by atoms with E-state index in [2.05, 4.69) is 44.3 Å². The summed E-state index contributed by atoms with van der Waals surface area (Å²) in [6, 6.07) is 10.5. The predicted octanol–water partition coefficient (Wildman–Crippen LogP) is 4.67. The number of aliphatic hydroxyl groups is 1. The fraction of sp³-hybridized carbons (Fsp3) is 0.348. The second-order valence-electron chi connectivity index (χ2n) is 8.51. The standard InChI is InChI=1S/C23H24N4OS/c1-22(2,28)16-6-9-24-19(10-16)15-12-25-21(26-13-15)27-14-23(7-8-23)18-5-4-17(29-3)11-20(18)27/h4-6,9-13,28H,7-8,14H2,1-3H3. The van der Waals surface area contributed by atoms with Gasteiger partial charge in [-0.15, -0.1) is 11.8 Å². The number of anilines is 2. The maximum absolute atomic E-state index is 10.3. The molecule has 0 atom stereocenters. The predicted molar refractivity (Wildman–Crippen MR) is 117 cm³/mol. The van der Waals surface area contributed by atoms with Gasteiger partial charge in [0.25, 0.3) is 0 Å². The number of nitrogens with zero attached hydrogens (tertiary/aromatic N) is 4. The van der Waals surface area contributed by atoms with Crippen LogP contribution in [0.25, 0.3) is 11.3 Å². The van der Waals surface area contributed by atoms with E-state index in [1.54, 1.807) is 31.8 Å². The van der Waals surface area contributed by atoms with Crippen LogP contribution in [0, 0.1) is 0 Å². The third kappa shape index (κ3) is 3.20. The average Bonchev–Trinajstić information content (AvgIpc) is 3.44. The Hall–Kier alpha value is -2.44. The Kier molecular flexibility index (Phi) is 4.19. The van der Waals surface area contributed by atoms with Crippen LogP contribution in [0.2, 0.25) is 0 Å². The molecule has 2 aliphatic rings. The van der Waals surface area contributed by atoms with Crippen molar-refractivity contribution in [2.45, 2.75) is 42.6 Å². The van der Waals surface area contributed by atoms with Gasteiger partial charge in [0.05, 0.1) is 11.3 Å². The van der Waals surface area contributed by atoms with Crippen LogP contribution in [0.3, 0.4) is 0 Å². The number of fused-ring (bicyclic) bond motifs is 2.